The SMILES string of the molecule is CC(C)c1ccn(-c2ccc([C@H](C)O)cc2Br)n1. The van der Waals surface area contributed by atoms with E-state index in [2.05, 4.69) is 34.9 Å². The van der Waals surface area contributed by atoms with E-state index >= 15 is 0 Å². The quantitative estimate of drug-likeness (QED) is 0.936. The summed E-state index contributed by atoms with van der Waals surface area (Å²) in [7, 11) is 0. The Balaban J connectivity index is 2.38. The van der Waals surface area contributed by atoms with E-state index in [-0.39, 0.29) is 0 Å². The standard InChI is InChI=1S/C14H17BrN2O/c1-9(2)13-6-7-17(16-13)14-5-4-11(10(3)18)8-12(14)15/h4-10,18H,1-3H3/t10-/m0/s1. The van der Waals surface area contributed by atoms with E-state index in [1.807, 2.05) is 35.1 Å². The van der Waals surface area contributed by atoms with Gasteiger partial charge in [-0.2, -0.15) is 5.10 Å². The lowest BCUT2D eigenvalue weighted by Gasteiger charge is -2.09. The van der Waals surface area contributed by atoms with Crippen molar-refractivity contribution < 1.29 is 5.11 Å². The molecule has 3 nitrogen and oxygen atoms in total. The summed E-state index contributed by atoms with van der Waals surface area (Å²) in [4.78, 5) is 0. The molecule has 0 radical (unpaired) electrons. The van der Waals surface area contributed by atoms with Crippen LogP contribution in [0.5, 0.6) is 0 Å². The van der Waals surface area contributed by atoms with Gasteiger partial charge in [-0.25, -0.2) is 4.68 Å². The number of hydrogen-bond donors (Lipinski definition) is 1. The lowest BCUT2D eigenvalue weighted by atomic mass is 10.1. The Labute approximate surface area is 116 Å². The minimum atomic E-state index is -0.459. The highest BCUT2D eigenvalue weighted by Gasteiger charge is 2.09. The van der Waals surface area contributed by atoms with Gasteiger partial charge in [0.1, 0.15) is 0 Å². The van der Waals surface area contributed by atoms with Crippen LogP contribution in [0.4, 0.5) is 0 Å². The van der Waals surface area contributed by atoms with Gasteiger partial charge in [-0.3, -0.25) is 0 Å². The van der Waals surface area contributed by atoms with Crippen molar-refractivity contribution in [3.05, 3.63) is 46.2 Å². The third-order valence-corrected chi connectivity index (χ3v) is 3.54. The van der Waals surface area contributed by atoms with Gasteiger partial charge in [0.25, 0.3) is 0 Å². The number of nitrogens with zero attached hydrogens (tertiary/aromatic N) is 2. The first-order valence-corrected chi connectivity index (χ1v) is 6.82. The Hall–Kier alpha value is -1.13. The number of rotatable bonds is 3. The van der Waals surface area contributed by atoms with E-state index < -0.39 is 6.10 Å². The van der Waals surface area contributed by atoms with Crippen molar-refractivity contribution >= 4 is 15.9 Å². The van der Waals surface area contributed by atoms with Crippen molar-refractivity contribution in [2.45, 2.75) is 32.8 Å². The maximum absolute atomic E-state index is 9.54. The number of aliphatic hydroxyl groups excluding tert-OH is 1. The summed E-state index contributed by atoms with van der Waals surface area (Å²) in [6.07, 6.45) is 1.50. The molecule has 0 saturated carbocycles. The molecule has 0 aliphatic heterocycles. The average molecular weight is 309 g/mol. The van der Waals surface area contributed by atoms with Crippen LogP contribution in [0.15, 0.2) is 34.9 Å². The Morgan fingerprint density at radius 2 is 1.94 bits per heavy atom. The van der Waals surface area contributed by atoms with Crippen molar-refractivity contribution in [1.29, 1.82) is 0 Å². The summed E-state index contributed by atoms with van der Waals surface area (Å²) in [5.41, 5.74) is 2.94. The molecule has 0 saturated heterocycles. The highest BCUT2D eigenvalue weighted by Crippen LogP contribution is 2.25. The van der Waals surface area contributed by atoms with Gasteiger partial charge in [0, 0.05) is 10.7 Å². The molecule has 1 atom stereocenters. The van der Waals surface area contributed by atoms with Gasteiger partial charge in [0.2, 0.25) is 0 Å². The molecule has 0 spiro atoms. The summed E-state index contributed by atoms with van der Waals surface area (Å²) < 4.78 is 2.78. The first-order chi connectivity index (χ1) is 8.49. The third kappa shape index (κ3) is 2.65. The molecule has 0 fully saturated rings. The Bertz CT molecular complexity index is 546. The van der Waals surface area contributed by atoms with Crippen molar-refractivity contribution in [1.82, 2.24) is 9.78 Å². The summed E-state index contributed by atoms with van der Waals surface area (Å²) in [5.74, 6) is 0.418. The first-order valence-electron chi connectivity index (χ1n) is 6.02. The van der Waals surface area contributed by atoms with Crippen molar-refractivity contribution in [3.63, 3.8) is 0 Å². The van der Waals surface area contributed by atoms with Crippen LogP contribution >= 0.6 is 15.9 Å². The van der Waals surface area contributed by atoms with E-state index in [1.165, 1.54) is 0 Å². The van der Waals surface area contributed by atoms with Crippen molar-refractivity contribution in [2.75, 3.05) is 0 Å². The molecule has 0 bridgehead atoms. The number of halogens is 1. The van der Waals surface area contributed by atoms with E-state index in [0.717, 1.165) is 21.4 Å². The molecule has 2 aromatic rings. The van der Waals surface area contributed by atoms with Gasteiger partial charge < -0.3 is 5.11 Å². The van der Waals surface area contributed by atoms with Gasteiger partial charge in [-0.1, -0.05) is 19.9 Å². The molecular formula is C14H17BrN2O. The Kier molecular flexibility index (Phi) is 3.88. The molecule has 0 amide bonds. The molecule has 0 aliphatic carbocycles. The fourth-order valence-corrected chi connectivity index (χ4v) is 2.33. The van der Waals surface area contributed by atoms with Crippen molar-refractivity contribution in [3.8, 4) is 5.69 Å². The predicted molar refractivity (Wildman–Crippen MR) is 76.0 cm³/mol. The maximum atomic E-state index is 9.54. The minimum absolute atomic E-state index is 0.418. The van der Waals surface area contributed by atoms with E-state index in [1.54, 1.807) is 6.92 Å². The molecular weight excluding hydrogens is 292 g/mol. The summed E-state index contributed by atoms with van der Waals surface area (Å²) >= 11 is 3.53. The molecule has 18 heavy (non-hydrogen) atoms. The zero-order valence-electron chi connectivity index (χ0n) is 10.8. The molecule has 0 unspecified atom stereocenters. The van der Waals surface area contributed by atoms with E-state index in [9.17, 15) is 5.11 Å². The second-order valence-electron chi connectivity index (χ2n) is 4.73. The van der Waals surface area contributed by atoms with Gasteiger partial charge in [-0.05, 0) is 52.5 Å². The molecule has 2 rings (SSSR count). The predicted octanol–water partition coefficient (Wildman–Crippen LogP) is 3.81. The van der Waals surface area contributed by atoms with Gasteiger partial charge in [0.05, 0.1) is 17.5 Å². The number of hydrogen-bond acceptors (Lipinski definition) is 2. The van der Waals surface area contributed by atoms with Gasteiger partial charge >= 0.3 is 0 Å². The smallest absolute Gasteiger partial charge is 0.0787 e. The largest absolute Gasteiger partial charge is 0.389 e. The molecule has 4 heteroatoms. The van der Waals surface area contributed by atoms with Crippen LogP contribution in [0.2, 0.25) is 0 Å². The highest BCUT2D eigenvalue weighted by atomic mass is 79.9. The molecule has 1 heterocycles. The van der Waals surface area contributed by atoms with Crippen LogP contribution in [0, 0.1) is 0 Å². The lowest BCUT2D eigenvalue weighted by molar-refractivity contribution is 0.199. The van der Waals surface area contributed by atoms with Crippen LogP contribution in [0.3, 0.4) is 0 Å². The molecule has 1 N–H and O–H groups in total. The number of benzene rings is 1. The van der Waals surface area contributed by atoms with Crippen LogP contribution < -0.4 is 0 Å². The second kappa shape index (κ2) is 5.24. The molecule has 1 aromatic carbocycles. The lowest BCUT2D eigenvalue weighted by Crippen LogP contribution is -2.00. The highest BCUT2D eigenvalue weighted by molar-refractivity contribution is 9.10. The zero-order chi connectivity index (χ0) is 13.3. The number of aromatic nitrogens is 2. The normalized spacial score (nSPS) is 13.0. The minimum Gasteiger partial charge on any atom is -0.389 e. The molecule has 96 valence electrons. The van der Waals surface area contributed by atoms with Gasteiger partial charge in [-0.15, -0.1) is 0 Å². The monoisotopic (exact) mass is 308 g/mol. The van der Waals surface area contributed by atoms with Crippen molar-refractivity contribution in [2.24, 2.45) is 0 Å². The average Bonchev–Trinajstić information content (AvgIpc) is 2.78. The van der Waals surface area contributed by atoms with Crippen LogP contribution in [0.25, 0.3) is 5.69 Å². The number of aliphatic hydroxyl groups is 1. The van der Waals surface area contributed by atoms with E-state index in [4.69, 9.17) is 0 Å². The van der Waals surface area contributed by atoms with E-state index in [0.29, 0.717) is 5.92 Å². The summed E-state index contributed by atoms with van der Waals surface area (Å²) in [5, 5.41) is 14.1. The topological polar surface area (TPSA) is 38.0 Å². The fraction of sp³-hybridized carbons (Fsp3) is 0.357. The zero-order valence-corrected chi connectivity index (χ0v) is 12.3. The molecule has 0 aliphatic rings. The molecule has 1 aromatic heterocycles. The Morgan fingerprint density at radius 3 is 2.44 bits per heavy atom. The first kappa shape index (κ1) is 13.3. The maximum Gasteiger partial charge on any atom is 0.0787 e. The third-order valence-electron chi connectivity index (χ3n) is 2.90. The van der Waals surface area contributed by atoms with Gasteiger partial charge in [0.15, 0.2) is 0 Å². The fourth-order valence-electron chi connectivity index (χ4n) is 1.75. The Morgan fingerprint density at radius 1 is 1.22 bits per heavy atom. The second-order valence-corrected chi connectivity index (χ2v) is 5.58. The van der Waals surface area contributed by atoms with Crippen LogP contribution in [0.1, 0.15) is 44.1 Å². The summed E-state index contributed by atoms with van der Waals surface area (Å²) in [6.45, 7) is 6.00. The van der Waals surface area contributed by atoms with Crippen LogP contribution in [-0.4, -0.2) is 14.9 Å². The van der Waals surface area contributed by atoms with Crippen LogP contribution in [-0.2, 0) is 0 Å². The summed E-state index contributed by atoms with van der Waals surface area (Å²) in [6, 6.07) is 7.83.